The normalized spacial score (nSPS) is 16.4. The molecule has 7 nitrogen and oxygen atoms in total. The van der Waals surface area contributed by atoms with Gasteiger partial charge in [0, 0.05) is 13.1 Å². The van der Waals surface area contributed by atoms with Crippen LogP contribution in [0.25, 0.3) is 0 Å². The van der Waals surface area contributed by atoms with Crippen LogP contribution in [-0.4, -0.2) is 56.8 Å². The topological polar surface area (TPSA) is 88.6 Å². The number of anilines is 1. The molecule has 0 unspecified atom stereocenters. The fourth-order valence-electron chi connectivity index (χ4n) is 1.71. The van der Waals surface area contributed by atoms with Gasteiger partial charge in [-0.3, -0.25) is 9.52 Å². The molecule has 1 aliphatic heterocycles. The maximum Gasteiger partial charge on any atom is 0.266 e. The Kier molecular flexibility index (Phi) is 4.07. The van der Waals surface area contributed by atoms with Crippen LogP contribution in [0, 0.1) is 6.92 Å². The molecule has 0 saturated carbocycles. The summed E-state index contributed by atoms with van der Waals surface area (Å²) in [4.78, 5) is 18.5. The molecule has 0 radical (unpaired) electrons. The molecule has 9 heteroatoms. The van der Waals surface area contributed by atoms with Crippen molar-refractivity contribution in [2.75, 3.05) is 37.3 Å². The smallest absolute Gasteiger partial charge is 0.266 e. The number of nitrogens with one attached hydrogen (secondary N) is 1. The Hall–Kier alpha value is -1.19. The molecule has 1 N–H and O–H groups in total. The van der Waals surface area contributed by atoms with Crippen LogP contribution in [0.4, 0.5) is 5.13 Å². The molecule has 1 aromatic rings. The van der Waals surface area contributed by atoms with E-state index < -0.39 is 10.0 Å². The van der Waals surface area contributed by atoms with E-state index >= 15 is 0 Å². The second kappa shape index (κ2) is 5.43. The third-order valence-electron chi connectivity index (χ3n) is 2.56. The van der Waals surface area contributed by atoms with E-state index in [0.717, 1.165) is 17.6 Å². The fourth-order valence-corrected chi connectivity index (χ4v) is 3.48. The second-order valence-electron chi connectivity index (χ2n) is 4.21. The maximum atomic E-state index is 12.3. The minimum absolute atomic E-state index is 0.125. The van der Waals surface area contributed by atoms with Gasteiger partial charge in [0.05, 0.1) is 25.2 Å². The van der Waals surface area contributed by atoms with E-state index in [1.54, 1.807) is 11.8 Å². The van der Waals surface area contributed by atoms with E-state index in [2.05, 4.69) is 9.71 Å². The first-order valence-corrected chi connectivity index (χ1v) is 8.40. The van der Waals surface area contributed by atoms with Crippen LogP contribution < -0.4 is 4.72 Å². The minimum Gasteiger partial charge on any atom is -0.378 e. The Morgan fingerprint density at radius 3 is 2.63 bits per heavy atom. The molecule has 1 aromatic heterocycles. The van der Waals surface area contributed by atoms with Crippen molar-refractivity contribution in [3.63, 3.8) is 0 Å². The third-order valence-corrected chi connectivity index (χ3v) is 4.32. The molecule has 2 rings (SSSR count). The van der Waals surface area contributed by atoms with Gasteiger partial charge < -0.3 is 9.64 Å². The lowest BCUT2D eigenvalue weighted by atomic mass is 10.3. The van der Waals surface area contributed by atoms with Crippen molar-refractivity contribution in [2.45, 2.75) is 6.92 Å². The number of hydrogen-bond acceptors (Lipinski definition) is 6. The summed E-state index contributed by atoms with van der Waals surface area (Å²) in [5, 5.41) is 0.219. The first kappa shape index (κ1) is 14.2. The molecule has 1 fully saturated rings. The van der Waals surface area contributed by atoms with Crippen molar-refractivity contribution in [3.05, 3.63) is 10.6 Å². The zero-order chi connectivity index (χ0) is 14.0. The molecule has 0 bridgehead atoms. The van der Waals surface area contributed by atoms with E-state index in [1.807, 2.05) is 0 Å². The Morgan fingerprint density at radius 1 is 1.42 bits per heavy atom. The highest BCUT2D eigenvalue weighted by atomic mass is 32.2. The Labute approximate surface area is 115 Å². The van der Waals surface area contributed by atoms with Crippen LogP contribution in [0.15, 0.2) is 0 Å². The van der Waals surface area contributed by atoms with Crippen LogP contribution in [0.3, 0.4) is 0 Å². The van der Waals surface area contributed by atoms with Crippen LogP contribution in [0.5, 0.6) is 0 Å². The van der Waals surface area contributed by atoms with Crippen LogP contribution in [0.2, 0.25) is 0 Å². The summed E-state index contributed by atoms with van der Waals surface area (Å²) >= 11 is 1.05. The van der Waals surface area contributed by atoms with Gasteiger partial charge in [0.2, 0.25) is 10.0 Å². The van der Waals surface area contributed by atoms with Crippen LogP contribution in [0.1, 0.15) is 15.4 Å². The largest absolute Gasteiger partial charge is 0.378 e. The van der Waals surface area contributed by atoms with Gasteiger partial charge in [-0.1, -0.05) is 11.3 Å². The molecule has 0 atom stereocenters. The lowest BCUT2D eigenvalue weighted by Gasteiger charge is -2.26. The molecule has 106 valence electrons. The highest BCUT2D eigenvalue weighted by molar-refractivity contribution is 7.92. The van der Waals surface area contributed by atoms with Crippen molar-refractivity contribution >= 4 is 32.4 Å². The summed E-state index contributed by atoms with van der Waals surface area (Å²) in [5.41, 5.74) is 0.535. The van der Waals surface area contributed by atoms with Gasteiger partial charge in [0.1, 0.15) is 4.88 Å². The molecule has 1 saturated heterocycles. The van der Waals surface area contributed by atoms with Gasteiger partial charge in [-0.2, -0.15) is 0 Å². The SMILES string of the molecule is Cc1nc(NS(C)(=O)=O)sc1C(=O)N1CCOCC1. The molecule has 19 heavy (non-hydrogen) atoms. The summed E-state index contributed by atoms with van der Waals surface area (Å²) in [6.07, 6.45) is 1.05. The van der Waals surface area contributed by atoms with Crippen molar-refractivity contribution in [3.8, 4) is 0 Å². The minimum atomic E-state index is -3.38. The molecule has 0 aliphatic carbocycles. The number of thiazole rings is 1. The third kappa shape index (κ3) is 3.64. The molecule has 1 aliphatic rings. The van der Waals surface area contributed by atoms with E-state index in [0.29, 0.717) is 36.9 Å². The molecular formula is C10H15N3O4S2. The Bertz CT molecular complexity index is 576. The van der Waals surface area contributed by atoms with E-state index in [4.69, 9.17) is 4.74 Å². The van der Waals surface area contributed by atoms with Gasteiger partial charge in [-0.25, -0.2) is 13.4 Å². The molecule has 0 spiro atoms. The first-order chi connectivity index (χ1) is 8.87. The Balaban J connectivity index is 2.18. The van der Waals surface area contributed by atoms with Crippen molar-refractivity contribution < 1.29 is 17.9 Å². The number of rotatable bonds is 3. The summed E-state index contributed by atoms with van der Waals surface area (Å²) in [5.74, 6) is -0.125. The van der Waals surface area contributed by atoms with E-state index in [9.17, 15) is 13.2 Å². The second-order valence-corrected chi connectivity index (χ2v) is 6.96. The van der Waals surface area contributed by atoms with Crippen molar-refractivity contribution in [1.29, 1.82) is 0 Å². The fraction of sp³-hybridized carbons (Fsp3) is 0.600. The number of nitrogens with zero attached hydrogens (tertiary/aromatic N) is 2. The highest BCUT2D eigenvalue weighted by Crippen LogP contribution is 2.24. The number of ether oxygens (including phenoxy) is 1. The summed E-state index contributed by atoms with van der Waals surface area (Å²) in [7, 11) is -3.38. The highest BCUT2D eigenvalue weighted by Gasteiger charge is 2.23. The zero-order valence-electron chi connectivity index (χ0n) is 10.7. The number of amides is 1. The molecule has 2 heterocycles. The summed E-state index contributed by atoms with van der Waals surface area (Å²) < 4.78 is 29.7. The number of morpholine rings is 1. The predicted octanol–water partition coefficient (Wildman–Crippen LogP) is 0.295. The van der Waals surface area contributed by atoms with Crippen LogP contribution in [-0.2, 0) is 14.8 Å². The van der Waals surface area contributed by atoms with Gasteiger partial charge in [0.25, 0.3) is 5.91 Å². The average Bonchev–Trinajstić information content (AvgIpc) is 2.68. The average molecular weight is 305 g/mol. The number of sulfonamides is 1. The van der Waals surface area contributed by atoms with Gasteiger partial charge in [0.15, 0.2) is 5.13 Å². The predicted molar refractivity (Wildman–Crippen MR) is 72.0 cm³/mol. The van der Waals surface area contributed by atoms with Crippen LogP contribution >= 0.6 is 11.3 Å². The van der Waals surface area contributed by atoms with Gasteiger partial charge in [-0.15, -0.1) is 0 Å². The lowest BCUT2D eigenvalue weighted by molar-refractivity contribution is 0.0305. The maximum absolute atomic E-state index is 12.3. The Morgan fingerprint density at radius 2 is 2.05 bits per heavy atom. The monoisotopic (exact) mass is 305 g/mol. The van der Waals surface area contributed by atoms with Crippen molar-refractivity contribution in [1.82, 2.24) is 9.88 Å². The van der Waals surface area contributed by atoms with Gasteiger partial charge >= 0.3 is 0 Å². The first-order valence-electron chi connectivity index (χ1n) is 5.69. The number of hydrogen-bond donors (Lipinski definition) is 1. The molecule has 1 amide bonds. The molecule has 0 aromatic carbocycles. The van der Waals surface area contributed by atoms with Crippen molar-refractivity contribution in [2.24, 2.45) is 0 Å². The molecular weight excluding hydrogens is 290 g/mol. The lowest BCUT2D eigenvalue weighted by Crippen LogP contribution is -2.40. The van der Waals surface area contributed by atoms with Gasteiger partial charge in [-0.05, 0) is 6.92 Å². The van der Waals surface area contributed by atoms with E-state index in [-0.39, 0.29) is 11.0 Å². The number of aryl methyl sites for hydroxylation is 1. The van der Waals surface area contributed by atoms with E-state index in [1.165, 1.54) is 0 Å². The number of carbonyl (C=O) groups is 1. The quantitative estimate of drug-likeness (QED) is 0.867. The summed E-state index contributed by atoms with van der Waals surface area (Å²) in [6.45, 7) is 3.84. The summed E-state index contributed by atoms with van der Waals surface area (Å²) in [6, 6.07) is 0. The number of aromatic nitrogens is 1. The standard InChI is InChI=1S/C10H15N3O4S2/c1-7-8(9(14)13-3-5-17-6-4-13)18-10(11-7)12-19(2,15)16/h3-6H2,1-2H3,(H,11,12). The number of carbonyl (C=O) groups excluding carboxylic acids is 1. The zero-order valence-corrected chi connectivity index (χ0v) is 12.3.